The van der Waals surface area contributed by atoms with Gasteiger partial charge in [0.25, 0.3) is 5.91 Å². The van der Waals surface area contributed by atoms with Crippen LogP contribution in [0.2, 0.25) is 0 Å². The van der Waals surface area contributed by atoms with Crippen molar-refractivity contribution in [1.29, 1.82) is 0 Å². The first-order valence-electron chi connectivity index (χ1n) is 9.06. The first-order chi connectivity index (χ1) is 12.1. The largest absolute Gasteiger partial charge is 0.469 e. The van der Waals surface area contributed by atoms with Gasteiger partial charge in [0.2, 0.25) is 0 Å². The second-order valence-electron chi connectivity index (χ2n) is 6.94. The molecule has 2 saturated heterocycles. The van der Waals surface area contributed by atoms with Crippen LogP contribution in [0.3, 0.4) is 0 Å². The molecule has 1 aromatic carbocycles. The summed E-state index contributed by atoms with van der Waals surface area (Å²) in [6.45, 7) is 3.39. The van der Waals surface area contributed by atoms with Crippen LogP contribution in [-0.4, -0.2) is 61.0 Å². The zero-order valence-corrected chi connectivity index (χ0v) is 14.8. The number of likely N-dealkylation sites (tertiary alicyclic amines) is 2. The van der Waals surface area contributed by atoms with Gasteiger partial charge < -0.3 is 20.3 Å². The van der Waals surface area contributed by atoms with Crippen LogP contribution in [0.4, 0.5) is 5.69 Å². The maximum absolute atomic E-state index is 12.6. The highest BCUT2D eigenvalue weighted by Gasteiger charge is 2.32. The van der Waals surface area contributed by atoms with Gasteiger partial charge in [-0.3, -0.25) is 9.59 Å². The molecule has 136 valence electrons. The summed E-state index contributed by atoms with van der Waals surface area (Å²) in [7, 11) is 1.46. The number of nitrogens with zero attached hydrogens (tertiary/aromatic N) is 2. The Bertz CT molecular complexity index is 618. The monoisotopic (exact) mass is 345 g/mol. The van der Waals surface area contributed by atoms with Crippen LogP contribution in [-0.2, 0) is 9.53 Å². The molecule has 0 atom stereocenters. The fourth-order valence-corrected chi connectivity index (χ4v) is 3.96. The fourth-order valence-electron chi connectivity index (χ4n) is 3.96. The molecule has 0 aromatic heterocycles. The third kappa shape index (κ3) is 3.95. The number of ether oxygens (including phenoxy) is 1. The summed E-state index contributed by atoms with van der Waals surface area (Å²) in [5.74, 6) is -0.00885. The van der Waals surface area contributed by atoms with Crippen LogP contribution < -0.4 is 5.73 Å². The van der Waals surface area contributed by atoms with Gasteiger partial charge in [-0.25, -0.2) is 0 Å². The molecule has 1 aromatic rings. The Morgan fingerprint density at radius 2 is 1.68 bits per heavy atom. The van der Waals surface area contributed by atoms with Gasteiger partial charge in [0.05, 0.1) is 18.6 Å². The molecule has 1 amide bonds. The Balaban J connectivity index is 1.50. The Morgan fingerprint density at radius 1 is 1.04 bits per heavy atom. The van der Waals surface area contributed by atoms with E-state index in [0.717, 1.165) is 51.9 Å². The molecule has 2 N–H and O–H groups in total. The molecule has 2 aliphatic heterocycles. The summed E-state index contributed by atoms with van der Waals surface area (Å²) >= 11 is 0. The van der Waals surface area contributed by atoms with E-state index in [4.69, 9.17) is 10.5 Å². The number of carbonyl (C=O) groups is 2. The quantitative estimate of drug-likeness (QED) is 0.667. The van der Waals surface area contributed by atoms with Crippen molar-refractivity contribution in [2.45, 2.75) is 31.7 Å². The van der Waals surface area contributed by atoms with E-state index in [0.29, 0.717) is 17.3 Å². The van der Waals surface area contributed by atoms with Crippen LogP contribution in [0.25, 0.3) is 0 Å². The van der Waals surface area contributed by atoms with Crippen LogP contribution in [0.5, 0.6) is 0 Å². The summed E-state index contributed by atoms with van der Waals surface area (Å²) < 4.78 is 4.85. The van der Waals surface area contributed by atoms with E-state index < -0.39 is 0 Å². The van der Waals surface area contributed by atoms with E-state index in [1.165, 1.54) is 7.11 Å². The summed E-state index contributed by atoms with van der Waals surface area (Å²) in [4.78, 5) is 28.6. The SMILES string of the molecule is COC(=O)C1CCN(C2CCN(C(=O)c3ccccc3N)CC2)CC1. The van der Waals surface area contributed by atoms with E-state index in [1.54, 1.807) is 12.1 Å². The van der Waals surface area contributed by atoms with E-state index in [2.05, 4.69) is 4.90 Å². The zero-order valence-electron chi connectivity index (χ0n) is 14.8. The number of nitrogens with two attached hydrogens (primary N) is 1. The van der Waals surface area contributed by atoms with Gasteiger partial charge in [-0.15, -0.1) is 0 Å². The predicted octanol–water partition coefficient (Wildman–Crippen LogP) is 1.76. The number of esters is 1. The molecule has 0 aliphatic carbocycles. The van der Waals surface area contributed by atoms with Gasteiger partial charge in [0.1, 0.15) is 0 Å². The van der Waals surface area contributed by atoms with Crippen molar-refractivity contribution in [1.82, 2.24) is 9.80 Å². The van der Waals surface area contributed by atoms with E-state index >= 15 is 0 Å². The minimum atomic E-state index is -0.0829. The van der Waals surface area contributed by atoms with Crippen LogP contribution >= 0.6 is 0 Å². The standard InChI is InChI=1S/C19H27N3O3/c1-25-19(24)14-6-10-21(11-7-14)15-8-12-22(13-9-15)18(23)16-4-2-3-5-17(16)20/h2-5,14-15H,6-13,20H2,1H3. The smallest absolute Gasteiger partial charge is 0.308 e. The Kier molecular flexibility index (Phi) is 5.58. The lowest BCUT2D eigenvalue weighted by atomic mass is 9.93. The molecule has 0 spiro atoms. The Labute approximate surface area is 148 Å². The molecule has 0 bridgehead atoms. The third-order valence-electron chi connectivity index (χ3n) is 5.52. The number of hydrogen-bond acceptors (Lipinski definition) is 5. The summed E-state index contributed by atoms with van der Waals surface area (Å²) in [6, 6.07) is 7.75. The van der Waals surface area contributed by atoms with Gasteiger partial charge in [-0.2, -0.15) is 0 Å². The first kappa shape index (κ1) is 17.7. The van der Waals surface area contributed by atoms with E-state index in [9.17, 15) is 9.59 Å². The third-order valence-corrected chi connectivity index (χ3v) is 5.52. The maximum Gasteiger partial charge on any atom is 0.308 e. The molecule has 2 fully saturated rings. The molecule has 6 heteroatoms. The van der Waals surface area contributed by atoms with Gasteiger partial charge >= 0.3 is 5.97 Å². The van der Waals surface area contributed by atoms with Gasteiger partial charge in [0.15, 0.2) is 0 Å². The maximum atomic E-state index is 12.6. The summed E-state index contributed by atoms with van der Waals surface area (Å²) in [5.41, 5.74) is 7.07. The highest BCUT2D eigenvalue weighted by molar-refractivity contribution is 5.99. The molecule has 0 saturated carbocycles. The second-order valence-corrected chi connectivity index (χ2v) is 6.94. The molecule has 3 rings (SSSR count). The second kappa shape index (κ2) is 7.87. The van der Waals surface area contributed by atoms with Crippen molar-refractivity contribution in [2.75, 3.05) is 39.0 Å². The van der Waals surface area contributed by atoms with E-state index in [1.807, 2.05) is 17.0 Å². The number of benzene rings is 1. The molecule has 2 aliphatic rings. The molecule has 0 radical (unpaired) electrons. The zero-order chi connectivity index (χ0) is 17.8. The summed E-state index contributed by atoms with van der Waals surface area (Å²) in [5, 5.41) is 0. The molecule has 25 heavy (non-hydrogen) atoms. The van der Waals surface area contributed by atoms with Crippen LogP contribution in [0.15, 0.2) is 24.3 Å². The van der Waals surface area contributed by atoms with Crippen molar-refractivity contribution in [3.8, 4) is 0 Å². The number of nitrogen functional groups attached to an aromatic ring is 1. The number of piperidine rings is 2. The lowest BCUT2D eigenvalue weighted by Gasteiger charge is -2.41. The number of hydrogen-bond donors (Lipinski definition) is 1. The molecule has 0 unspecified atom stereocenters. The van der Waals surface area contributed by atoms with Crippen molar-refractivity contribution in [3.05, 3.63) is 29.8 Å². The van der Waals surface area contributed by atoms with Gasteiger partial charge in [-0.1, -0.05) is 12.1 Å². The highest BCUT2D eigenvalue weighted by Crippen LogP contribution is 2.25. The van der Waals surface area contributed by atoms with Gasteiger partial charge in [0, 0.05) is 24.8 Å². The Morgan fingerprint density at radius 3 is 2.28 bits per heavy atom. The average molecular weight is 345 g/mol. The van der Waals surface area contributed by atoms with E-state index in [-0.39, 0.29) is 17.8 Å². The lowest BCUT2D eigenvalue weighted by molar-refractivity contribution is -0.147. The number of anilines is 1. The summed E-state index contributed by atoms with van der Waals surface area (Å²) in [6.07, 6.45) is 3.68. The first-order valence-corrected chi connectivity index (χ1v) is 9.06. The number of para-hydroxylation sites is 1. The predicted molar refractivity (Wildman–Crippen MR) is 96.1 cm³/mol. The van der Waals surface area contributed by atoms with Crippen LogP contribution in [0.1, 0.15) is 36.0 Å². The minimum absolute atomic E-state index is 0.0287. The van der Waals surface area contributed by atoms with Crippen molar-refractivity contribution >= 4 is 17.6 Å². The molecular weight excluding hydrogens is 318 g/mol. The number of amides is 1. The van der Waals surface area contributed by atoms with Crippen molar-refractivity contribution < 1.29 is 14.3 Å². The van der Waals surface area contributed by atoms with Crippen molar-refractivity contribution in [2.24, 2.45) is 5.92 Å². The molecular formula is C19H27N3O3. The Hall–Kier alpha value is -2.08. The number of methoxy groups -OCH3 is 1. The topological polar surface area (TPSA) is 75.9 Å². The van der Waals surface area contributed by atoms with Gasteiger partial charge in [-0.05, 0) is 50.9 Å². The molecule has 2 heterocycles. The normalized spacial score (nSPS) is 20.4. The fraction of sp³-hybridized carbons (Fsp3) is 0.579. The van der Waals surface area contributed by atoms with Crippen molar-refractivity contribution in [3.63, 3.8) is 0 Å². The minimum Gasteiger partial charge on any atom is -0.469 e. The average Bonchev–Trinajstić information content (AvgIpc) is 2.67. The van der Waals surface area contributed by atoms with Crippen LogP contribution in [0, 0.1) is 5.92 Å². The highest BCUT2D eigenvalue weighted by atomic mass is 16.5. The number of carbonyl (C=O) groups excluding carboxylic acids is 2. The molecule has 6 nitrogen and oxygen atoms in total. The number of rotatable bonds is 3. The lowest BCUT2D eigenvalue weighted by Crippen LogP contribution is -2.49.